The molecule has 0 aromatic heterocycles. The third-order valence-electron chi connectivity index (χ3n) is 4.05. The molecule has 0 fully saturated rings. The molecule has 1 radical (unpaired) electrons. The predicted octanol–water partition coefficient (Wildman–Crippen LogP) is 6.06. The van der Waals surface area contributed by atoms with E-state index in [9.17, 15) is 4.39 Å². The molecule has 1 unspecified atom stereocenters. The molecule has 3 heteroatoms. The first-order valence-electron chi connectivity index (χ1n) is 8.67. The summed E-state index contributed by atoms with van der Waals surface area (Å²) in [6, 6.07) is 22.3. The van der Waals surface area contributed by atoms with Crippen LogP contribution in [0.4, 0.5) is 4.39 Å². The third-order valence-corrected chi connectivity index (χ3v) is 4.05. The highest BCUT2D eigenvalue weighted by Crippen LogP contribution is 2.37. The number of hydrogen-bond acceptors (Lipinski definition) is 2. The van der Waals surface area contributed by atoms with Crippen molar-refractivity contribution in [3.63, 3.8) is 0 Å². The molecule has 0 aliphatic heterocycles. The third kappa shape index (κ3) is 4.63. The van der Waals surface area contributed by atoms with E-state index in [-0.39, 0.29) is 11.7 Å². The van der Waals surface area contributed by atoms with Crippen LogP contribution in [0.1, 0.15) is 18.1 Å². The van der Waals surface area contributed by atoms with Gasteiger partial charge < -0.3 is 9.47 Å². The number of benzene rings is 3. The molecule has 0 saturated carbocycles. The highest BCUT2D eigenvalue weighted by molar-refractivity contribution is 5.50. The van der Waals surface area contributed by atoms with Crippen LogP contribution in [0, 0.1) is 18.7 Å². The van der Waals surface area contributed by atoms with Crippen LogP contribution >= 0.6 is 0 Å². The lowest BCUT2D eigenvalue weighted by Crippen LogP contribution is -2.12. The SMILES string of the molecule is [CH2]c1ccc(F)c(Oc2ccccc2)c1OCC(C)Cc1ccccc1. The van der Waals surface area contributed by atoms with Crippen molar-refractivity contribution >= 4 is 0 Å². The van der Waals surface area contributed by atoms with Gasteiger partial charge in [0.05, 0.1) is 6.61 Å². The van der Waals surface area contributed by atoms with E-state index in [4.69, 9.17) is 9.47 Å². The van der Waals surface area contributed by atoms with E-state index in [1.165, 1.54) is 11.6 Å². The molecule has 0 N–H and O–H groups in total. The van der Waals surface area contributed by atoms with Gasteiger partial charge in [-0.1, -0.05) is 61.5 Å². The quantitative estimate of drug-likeness (QED) is 0.516. The second-order valence-corrected chi connectivity index (χ2v) is 6.39. The summed E-state index contributed by atoms with van der Waals surface area (Å²) in [6.07, 6.45) is 0.886. The van der Waals surface area contributed by atoms with Gasteiger partial charge in [-0.15, -0.1) is 0 Å². The Hall–Kier alpha value is -2.81. The lowest BCUT2D eigenvalue weighted by Gasteiger charge is -2.18. The van der Waals surface area contributed by atoms with Gasteiger partial charge >= 0.3 is 0 Å². The molecule has 26 heavy (non-hydrogen) atoms. The molecule has 0 aliphatic carbocycles. The minimum atomic E-state index is -0.466. The summed E-state index contributed by atoms with van der Waals surface area (Å²) >= 11 is 0. The minimum absolute atomic E-state index is 0.0793. The van der Waals surface area contributed by atoms with Crippen molar-refractivity contribution in [2.45, 2.75) is 13.3 Å². The molecule has 0 bridgehead atoms. The van der Waals surface area contributed by atoms with Crippen molar-refractivity contribution in [3.8, 4) is 17.2 Å². The van der Waals surface area contributed by atoms with Crippen LogP contribution in [0.2, 0.25) is 0 Å². The van der Waals surface area contributed by atoms with E-state index in [2.05, 4.69) is 26.0 Å². The van der Waals surface area contributed by atoms with E-state index < -0.39 is 5.82 Å². The maximum atomic E-state index is 14.4. The van der Waals surface area contributed by atoms with Gasteiger partial charge in [-0.05, 0) is 48.6 Å². The molecule has 3 rings (SSSR count). The average Bonchev–Trinajstić information content (AvgIpc) is 2.66. The van der Waals surface area contributed by atoms with Crippen molar-refractivity contribution < 1.29 is 13.9 Å². The number of hydrogen-bond donors (Lipinski definition) is 0. The fourth-order valence-corrected chi connectivity index (χ4v) is 2.74. The predicted molar refractivity (Wildman–Crippen MR) is 102 cm³/mol. The van der Waals surface area contributed by atoms with E-state index in [0.717, 1.165) is 6.42 Å². The molecule has 3 aromatic rings. The Labute approximate surface area is 154 Å². The standard InChI is InChI=1S/C23H22FO2/c1-17(15-19-9-5-3-6-10-19)16-25-22-18(2)13-14-21(24)23(22)26-20-11-7-4-8-12-20/h3-14,17H,2,15-16H2,1H3. The molecule has 0 saturated heterocycles. The molecule has 0 heterocycles. The molecular weight excluding hydrogens is 327 g/mol. The van der Waals surface area contributed by atoms with E-state index in [1.807, 2.05) is 36.4 Å². The second-order valence-electron chi connectivity index (χ2n) is 6.39. The van der Waals surface area contributed by atoms with Crippen LogP contribution in [0.3, 0.4) is 0 Å². The minimum Gasteiger partial charge on any atom is -0.489 e. The van der Waals surface area contributed by atoms with Crippen molar-refractivity contribution in [2.24, 2.45) is 5.92 Å². The Morgan fingerprint density at radius 3 is 2.23 bits per heavy atom. The molecule has 3 aromatic carbocycles. The highest BCUT2D eigenvalue weighted by Gasteiger charge is 2.17. The lowest BCUT2D eigenvalue weighted by atomic mass is 10.0. The molecule has 2 nitrogen and oxygen atoms in total. The molecule has 1 atom stereocenters. The van der Waals surface area contributed by atoms with Crippen molar-refractivity contribution in [3.05, 3.63) is 96.7 Å². The summed E-state index contributed by atoms with van der Waals surface area (Å²) in [7, 11) is 0. The molecular formula is C23H22FO2. The molecule has 0 aliphatic rings. The Balaban J connectivity index is 1.73. The highest BCUT2D eigenvalue weighted by atomic mass is 19.1. The van der Waals surface area contributed by atoms with E-state index >= 15 is 0 Å². The zero-order chi connectivity index (χ0) is 18.4. The summed E-state index contributed by atoms with van der Waals surface area (Å²) < 4.78 is 26.0. The van der Waals surface area contributed by atoms with Gasteiger partial charge in [0.15, 0.2) is 11.6 Å². The van der Waals surface area contributed by atoms with E-state index in [0.29, 0.717) is 23.7 Å². The Kier molecular flexibility index (Phi) is 5.90. The van der Waals surface area contributed by atoms with Crippen molar-refractivity contribution in [1.29, 1.82) is 0 Å². The first-order chi connectivity index (χ1) is 12.6. The van der Waals surface area contributed by atoms with Crippen molar-refractivity contribution in [1.82, 2.24) is 0 Å². The van der Waals surface area contributed by atoms with Crippen LogP contribution in [-0.2, 0) is 6.42 Å². The smallest absolute Gasteiger partial charge is 0.205 e. The van der Waals surface area contributed by atoms with Gasteiger partial charge in [0.2, 0.25) is 5.75 Å². The Morgan fingerprint density at radius 2 is 1.54 bits per heavy atom. The van der Waals surface area contributed by atoms with Gasteiger partial charge in [-0.3, -0.25) is 0 Å². The van der Waals surface area contributed by atoms with E-state index in [1.54, 1.807) is 18.2 Å². The zero-order valence-corrected chi connectivity index (χ0v) is 14.8. The monoisotopic (exact) mass is 349 g/mol. The number of rotatable bonds is 7. The van der Waals surface area contributed by atoms with Gasteiger partial charge in [0.25, 0.3) is 0 Å². The van der Waals surface area contributed by atoms with Gasteiger partial charge in [0.1, 0.15) is 5.75 Å². The van der Waals surface area contributed by atoms with Crippen LogP contribution in [0.25, 0.3) is 0 Å². The largest absolute Gasteiger partial charge is 0.489 e. The van der Waals surface area contributed by atoms with Crippen LogP contribution in [-0.4, -0.2) is 6.61 Å². The molecule has 0 spiro atoms. The first-order valence-corrected chi connectivity index (χ1v) is 8.67. The number of halogens is 1. The lowest BCUT2D eigenvalue weighted by molar-refractivity contribution is 0.247. The van der Waals surface area contributed by atoms with Crippen LogP contribution in [0.5, 0.6) is 17.2 Å². The van der Waals surface area contributed by atoms with Gasteiger partial charge in [-0.25, -0.2) is 4.39 Å². The van der Waals surface area contributed by atoms with Crippen LogP contribution < -0.4 is 9.47 Å². The maximum Gasteiger partial charge on any atom is 0.205 e. The summed E-state index contributed by atoms with van der Waals surface area (Å²) in [5, 5.41) is 0. The Bertz CT molecular complexity index is 832. The molecule has 133 valence electrons. The summed E-state index contributed by atoms with van der Waals surface area (Å²) in [5.41, 5.74) is 1.85. The fourth-order valence-electron chi connectivity index (χ4n) is 2.74. The Morgan fingerprint density at radius 1 is 0.885 bits per heavy atom. The fraction of sp³-hybridized carbons (Fsp3) is 0.174. The average molecular weight is 349 g/mol. The van der Waals surface area contributed by atoms with Gasteiger partial charge in [-0.2, -0.15) is 0 Å². The number of para-hydroxylation sites is 1. The summed E-state index contributed by atoms with van der Waals surface area (Å²) in [6.45, 7) is 6.51. The van der Waals surface area contributed by atoms with Gasteiger partial charge in [0, 0.05) is 0 Å². The van der Waals surface area contributed by atoms with Crippen molar-refractivity contribution in [2.75, 3.05) is 6.61 Å². The zero-order valence-electron chi connectivity index (χ0n) is 14.8. The second kappa shape index (κ2) is 8.52. The van der Waals surface area contributed by atoms with Crippen LogP contribution in [0.15, 0.2) is 72.8 Å². The summed E-state index contributed by atoms with van der Waals surface area (Å²) in [4.78, 5) is 0. The summed E-state index contributed by atoms with van der Waals surface area (Å²) in [5.74, 6) is 0.792. The normalized spacial score (nSPS) is 11.8. The maximum absolute atomic E-state index is 14.4. The number of ether oxygens (including phenoxy) is 2. The first kappa shape index (κ1) is 18.0. The molecule has 0 amide bonds. The topological polar surface area (TPSA) is 18.5 Å².